The molecule has 61 heavy (non-hydrogen) atoms. The molecule has 2 N–H and O–H groups in total. The zero-order chi connectivity index (χ0) is 44.0. The van der Waals surface area contributed by atoms with Crippen LogP contribution < -0.4 is 5.32 Å². The fraction of sp³-hybridized carbons (Fsp3) is 0.528. The number of unbranched alkanes of at least 4 members (excludes halogenated alkanes) is 2. The van der Waals surface area contributed by atoms with Crippen molar-refractivity contribution >= 4 is 28.9 Å². The maximum atomic E-state index is 13.8. The van der Waals surface area contributed by atoms with Gasteiger partial charge in [0.1, 0.15) is 6.61 Å². The number of aliphatic imine (C=N–C) groups is 3. The zero-order valence-corrected chi connectivity index (χ0v) is 38.5. The molecule has 326 valence electrons. The number of ether oxygens (including phenoxy) is 1. The molecule has 5 aliphatic heterocycles. The van der Waals surface area contributed by atoms with Crippen LogP contribution in [0.3, 0.4) is 0 Å². The molecule has 8 nitrogen and oxygen atoms in total. The van der Waals surface area contributed by atoms with E-state index in [4.69, 9.17) is 19.7 Å². The van der Waals surface area contributed by atoms with Gasteiger partial charge in [0.2, 0.25) is 0 Å². The Bertz CT molecular complexity index is 2190. The number of allylic oxidation sites excluding steroid dienone is 13. The van der Waals surface area contributed by atoms with Crippen molar-refractivity contribution < 1.29 is 19.4 Å². The van der Waals surface area contributed by atoms with Gasteiger partial charge in [-0.3, -0.25) is 9.59 Å². The Hall–Kier alpha value is -4.85. The third kappa shape index (κ3) is 10.3. The highest BCUT2D eigenvalue weighted by Crippen LogP contribution is 2.45. The lowest BCUT2D eigenvalue weighted by molar-refractivity contribution is -0.142. The molecule has 1 aliphatic carbocycles. The standard InChI is InChI=1S/C53H70N4O4/c1-11-14-15-17-31(4)18-16-19-32(5)24-34(7)25-33(6)22-23-61-50(60)21-20-40-36(9)44-27-43-35(8)38(12-2)46(54-43)29-48-42(30-58)39(13-3)47(55-48)28-45-37(10)51-49(59)26-41(52(40)56-44)53(51)57-45/h12,22,27-32,34,36,40,56,58H,2,11,13-21,23-26H2,1,3-10H3/b33-22+,42-30-,44-27?,45-28?,46-29?,52-41?. The van der Waals surface area contributed by atoms with Crippen LogP contribution in [-0.2, 0) is 14.3 Å². The maximum absolute atomic E-state index is 13.8. The Kier molecular flexibility index (Phi) is 15.2. The zero-order valence-electron chi connectivity index (χ0n) is 38.5. The number of Topliss-reactive ketones (excluding diaryl/α,β-unsaturated/α-hetero) is 1. The molecule has 6 rings (SSSR count). The number of nitrogens with zero attached hydrogens (tertiary/aromatic N) is 3. The third-order valence-electron chi connectivity index (χ3n) is 13.7. The highest BCUT2D eigenvalue weighted by molar-refractivity contribution is 6.38. The Morgan fingerprint density at radius 2 is 1.72 bits per heavy atom. The number of esters is 1. The number of hydrogen-bond donors (Lipinski definition) is 2. The number of aliphatic hydroxyl groups is 1. The fourth-order valence-corrected chi connectivity index (χ4v) is 10.2. The number of carbonyl (C=O) groups is 2. The SMILES string of the molecule is C=CC1=C(C)C2=NC1=CC1=NC(=C(CC)/C1=C/O)C=C1N=C3C(=C4NC(=C2)C(C)C4CCC(=O)OC/C=C(\C)CC(C)CC(C)CCCC(C)CCCCC)CC(=O)C3=C1C. The van der Waals surface area contributed by atoms with E-state index < -0.39 is 0 Å². The number of hydrogen-bond acceptors (Lipinski definition) is 8. The summed E-state index contributed by atoms with van der Waals surface area (Å²) in [7, 11) is 0. The van der Waals surface area contributed by atoms with Crippen molar-refractivity contribution in [3.63, 3.8) is 0 Å². The molecule has 0 radical (unpaired) electrons. The second-order valence-electron chi connectivity index (χ2n) is 18.6. The minimum Gasteiger partial charge on any atom is -0.515 e. The van der Waals surface area contributed by atoms with E-state index >= 15 is 0 Å². The summed E-state index contributed by atoms with van der Waals surface area (Å²) in [4.78, 5) is 42.2. The summed E-state index contributed by atoms with van der Waals surface area (Å²) in [6.07, 6.45) is 24.2. The van der Waals surface area contributed by atoms with E-state index in [0.29, 0.717) is 52.7 Å². The highest BCUT2D eigenvalue weighted by Gasteiger charge is 2.43. The Morgan fingerprint density at radius 1 is 0.967 bits per heavy atom. The Balaban J connectivity index is 1.17. The Morgan fingerprint density at radius 3 is 2.44 bits per heavy atom. The molecule has 0 aromatic rings. The number of aliphatic hydroxyl groups excluding tert-OH is 1. The molecule has 6 aliphatic rings. The van der Waals surface area contributed by atoms with Crippen LogP contribution in [-0.4, -0.2) is 40.6 Å². The smallest absolute Gasteiger partial charge is 0.306 e. The minimum absolute atomic E-state index is 0.00438. The highest BCUT2D eigenvalue weighted by atomic mass is 16.5. The van der Waals surface area contributed by atoms with Gasteiger partial charge < -0.3 is 15.2 Å². The second-order valence-corrected chi connectivity index (χ2v) is 18.6. The molecule has 1 saturated heterocycles. The third-order valence-corrected chi connectivity index (χ3v) is 13.7. The number of ketones is 1. The van der Waals surface area contributed by atoms with Gasteiger partial charge in [0.15, 0.2) is 5.78 Å². The molecule has 5 heterocycles. The summed E-state index contributed by atoms with van der Waals surface area (Å²) < 4.78 is 5.81. The molecule has 5 atom stereocenters. The van der Waals surface area contributed by atoms with Gasteiger partial charge in [-0.25, -0.2) is 15.0 Å². The van der Waals surface area contributed by atoms with Crippen LogP contribution >= 0.6 is 0 Å². The molecule has 5 unspecified atom stereocenters. The molecular weight excluding hydrogens is 757 g/mol. The van der Waals surface area contributed by atoms with Crippen LogP contribution in [0.1, 0.15) is 146 Å². The van der Waals surface area contributed by atoms with Crippen LogP contribution in [0, 0.1) is 29.6 Å². The van der Waals surface area contributed by atoms with Gasteiger partial charge in [0.25, 0.3) is 0 Å². The maximum Gasteiger partial charge on any atom is 0.306 e. The van der Waals surface area contributed by atoms with E-state index in [1.54, 1.807) is 0 Å². The molecule has 0 amide bonds. The minimum atomic E-state index is -0.221. The average Bonchev–Trinajstić information content (AvgIpc) is 3.98. The quantitative estimate of drug-likeness (QED) is 0.0583. The van der Waals surface area contributed by atoms with Gasteiger partial charge in [-0.1, -0.05) is 105 Å². The monoisotopic (exact) mass is 827 g/mol. The summed E-state index contributed by atoms with van der Waals surface area (Å²) in [5.41, 5.74) is 13.2. The molecule has 8 bridgehead atoms. The average molecular weight is 827 g/mol. The van der Waals surface area contributed by atoms with Gasteiger partial charge in [-0.15, -0.1) is 0 Å². The summed E-state index contributed by atoms with van der Waals surface area (Å²) in [5.74, 6) is 1.90. The first-order chi connectivity index (χ1) is 29.3. The lowest BCUT2D eigenvalue weighted by Gasteiger charge is -2.19. The van der Waals surface area contributed by atoms with Crippen LogP contribution in [0.15, 0.2) is 131 Å². The van der Waals surface area contributed by atoms with Crippen molar-refractivity contribution in [3.8, 4) is 0 Å². The van der Waals surface area contributed by atoms with Gasteiger partial charge in [-0.2, -0.15) is 0 Å². The summed E-state index contributed by atoms with van der Waals surface area (Å²) in [6, 6.07) is 0. The predicted octanol–water partition coefficient (Wildman–Crippen LogP) is 12.7. The van der Waals surface area contributed by atoms with Crippen molar-refractivity contribution in [2.75, 3.05) is 6.61 Å². The largest absolute Gasteiger partial charge is 0.515 e. The van der Waals surface area contributed by atoms with E-state index in [1.807, 2.05) is 39.0 Å². The lowest BCUT2D eigenvalue weighted by Crippen LogP contribution is -2.16. The Labute approximate surface area is 365 Å². The summed E-state index contributed by atoms with van der Waals surface area (Å²) >= 11 is 0. The summed E-state index contributed by atoms with van der Waals surface area (Å²) in [6.45, 7) is 24.2. The molecule has 0 aromatic carbocycles. The van der Waals surface area contributed by atoms with Crippen molar-refractivity contribution in [1.82, 2.24) is 5.32 Å². The first-order valence-electron chi connectivity index (χ1n) is 23.2. The van der Waals surface area contributed by atoms with Gasteiger partial charge >= 0.3 is 5.97 Å². The van der Waals surface area contributed by atoms with E-state index in [-0.39, 0.29) is 43.0 Å². The van der Waals surface area contributed by atoms with Gasteiger partial charge in [-0.05, 0) is 105 Å². The van der Waals surface area contributed by atoms with Crippen molar-refractivity contribution in [2.24, 2.45) is 44.6 Å². The fourth-order valence-electron chi connectivity index (χ4n) is 10.2. The van der Waals surface area contributed by atoms with E-state index in [2.05, 4.69) is 65.6 Å². The number of nitrogens with one attached hydrogen (secondary N) is 1. The molecule has 2 fully saturated rings. The van der Waals surface area contributed by atoms with Crippen LogP contribution in [0.2, 0.25) is 0 Å². The van der Waals surface area contributed by atoms with Crippen molar-refractivity contribution in [3.05, 3.63) is 116 Å². The molecule has 0 spiro atoms. The first-order valence-corrected chi connectivity index (χ1v) is 23.2. The molecular formula is C53H70N4O4. The van der Waals surface area contributed by atoms with Gasteiger partial charge in [0, 0.05) is 58.4 Å². The predicted molar refractivity (Wildman–Crippen MR) is 251 cm³/mol. The summed E-state index contributed by atoms with van der Waals surface area (Å²) in [5, 5.41) is 14.1. The van der Waals surface area contributed by atoms with Crippen LogP contribution in [0.4, 0.5) is 0 Å². The van der Waals surface area contributed by atoms with E-state index in [9.17, 15) is 14.7 Å². The lowest BCUT2D eigenvalue weighted by atomic mass is 9.86. The van der Waals surface area contributed by atoms with E-state index in [0.717, 1.165) is 75.2 Å². The normalized spacial score (nSPS) is 23.3. The second kappa shape index (κ2) is 20.3. The molecule has 1 saturated carbocycles. The van der Waals surface area contributed by atoms with Crippen LogP contribution in [0.25, 0.3) is 0 Å². The number of carbonyl (C=O) groups excluding carboxylic acids is 2. The van der Waals surface area contributed by atoms with E-state index in [1.165, 1.54) is 56.9 Å². The van der Waals surface area contributed by atoms with Crippen molar-refractivity contribution in [1.29, 1.82) is 0 Å². The molecule has 8 heteroatoms. The topological polar surface area (TPSA) is 113 Å². The number of fused-ring (bicyclic) bond motifs is 5. The first kappa shape index (κ1) is 45.7. The van der Waals surface area contributed by atoms with Gasteiger partial charge in [0.05, 0.1) is 40.5 Å². The van der Waals surface area contributed by atoms with Crippen LogP contribution in [0.5, 0.6) is 0 Å². The molecule has 0 aromatic heterocycles. The van der Waals surface area contributed by atoms with Crippen molar-refractivity contribution in [2.45, 2.75) is 146 Å². The number of rotatable bonds is 19.